The first-order valence-corrected chi connectivity index (χ1v) is 9.31. The van der Waals surface area contributed by atoms with Gasteiger partial charge in [0, 0.05) is 16.3 Å². The van der Waals surface area contributed by atoms with Gasteiger partial charge in [-0.1, -0.05) is 18.2 Å². The second-order valence-corrected chi connectivity index (χ2v) is 7.35. The molecular formula is C17H17NO3S2. The van der Waals surface area contributed by atoms with Crippen LogP contribution in [0.2, 0.25) is 0 Å². The summed E-state index contributed by atoms with van der Waals surface area (Å²) in [5, 5.41) is 11.2. The van der Waals surface area contributed by atoms with Crippen molar-refractivity contribution in [1.29, 1.82) is 0 Å². The molecule has 23 heavy (non-hydrogen) atoms. The molecule has 0 spiro atoms. The van der Waals surface area contributed by atoms with Gasteiger partial charge >= 0.3 is 5.97 Å². The van der Waals surface area contributed by atoms with E-state index in [-0.39, 0.29) is 23.3 Å². The Labute approximate surface area is 143 Å². The van der Waals surface area contributed by atoms with Gasteiger partial charge in [-0.3, -0.25) is 4.79 Å². The van der Waals surface area contributed by atoms with Crippen molar-refractivity contribution in [2.75, 3.05) is 12.3 Å². The lowest BCUT2D eigenvalue weighted by molar-refractivity contribution is -0.129. The number of thioether (sulfide) groups is 1. The van der Waals surface area contributed by atoms with Crippen LogP contribution in [0.25, 0.3) is 0 Å². The van der Waals surface area contributed by atoms with Crippen LogP contribution in [0, 0.1) is 0 Å². The molecule has 1 aliphatic rings. The highest BCUT2D eigenvalue weighted by Crippen LogP contribution is 2.35. The molecule has 0 radical (unpaired) electrons. The SMILES string of the molecule is O=C(O)c1ccccc1SCC(=O)N1CCCC1c1cccs1. The fourth-order valence-corrected chi connectivity index (χ4v) is 4.64. The number of likely N-dealkylation sites (tertiary alicyclic amines) is 1. The van der Waals surface area contributed by atoms with E-state index in [2.05, 4.69) is 6.07 Å². The smallest absolute Gasteiger partial charge is 0.336 e. The third kappa shape index (κ3) is 3.59. The number of hydrogen-bond acceptors (Lipinski definition) is 4. The minimum Gasteiger partial charge on any atom is -0.478 e. The van der Waals surface area contributed by atoms with Gasteiger partial charge in [-0.05, 0) is 36.4 Å². The van der Waals surface area contributed by atoms with Gasteiger partial charge in [0.25, 0.3) is 0 Å². The lowest BCUT2D eigenvalue weighted by Crippen LogP contribution is -2.31. The van der Waals surface area contributed by atoms with E-state index in [4.69, 9.17) is 0 Å². The second-order valence-electron chi connectivity index (χ2n) is 5.35. The van der Waals surface area contributed by atoms with Crippen molar-refractivity contribution in [3.8, 4) is 0 Å². The fraction of sp³-hybridized carbons (Fsp3) is 0.294. The molecule has 120 valence electrons. The van der Waals surface area contributed by atoms with Crippen LogP contribution in [-0.2, 0) is 4.79 Å². The maximum absolute atomic E-state index is 12.6. The van der Waals surface area contributed by atoms with Gasteiger partial charge in [-0.25, -0.2) is 4.79 Å². The van der Waals surface area contributed by atoms with Crippen LogP contribution in [0.1, 0.15) is 34.1 Å². The van der Waals surface area contributed by atoms with E-state index < -0.39 is 5.97 Å². The van der Waals surface area contributed by atoms with Crippen molar-refractivity contribution in [3.63, 3.8) is 0 Å². The summed E-state index contributed by atoms with van der Waals surface area (Å²) in [5.74, 6) is -0.615. The zero-order chi connectivity index (χ0) is 16.2. The van der Waals surface area contributed by atoms with Crippen LogP contribution in [0.4, 0.5) is 0 Å². The largest absolute Gasteiger partial charge is 0.478 e. The topological polar surface area (TPSA) is 57.6 Å². The molecule has 1 unspecified atom stereocenters. The van der Waals surface area contributed by atoms with Crippen LogP contribution in [0.5, 0.6) is 0 Å². The summed E-state index contributed by atoms with van der Waals surface area (Å²) < 4.78 is 0. The maximum atomic E-state index is 12.6. The predicted octanol–water partition coefficient (Wildman–Crippen LogP) is 3.90. The zero-order valence-corrected chi connectivity index (χ0v) is 14.1. The normalized spacial score (nSPS) is 17.4. The standard InChI is InChI=1S/C17H17NO3S2/c19-16(11-23-14-7-2-1-5-12(14)17(20)21)18-9-3-6-13(18)15-8-4-10-22-15/h1-2,4-5,7-8,10,13H,3,6,9,11H2,(H,20,21). The molecule has 2 aromatic rings. The fourth-order valence-electron chi connectivity index (χ4n) is 2.83. The molecule has 1 amide bonds. The van der Waals surface area contributed by atoms with Gasteiger partial charge < -0.3 is 10.0 Å². The number of hydrogen-bond donors (Lipinski definition) is 1. The van der Waals surface area contributed by atoms with Crippen molar-refractivity contribution >= 4 is 35.0 Å². The second kappa shape index (κ2) is 7.19. The van der Waals surface area contributed by atoms with Crippen molar-refractivity contribution in [2.45, 2.75) is 23.8 Å². The number of amides is 1. The first kappa shape index (κ1) is 16.1. The quantitative estimate of drug-likeness (QED) is 0.834. The number of carboxylic acids is 1. The van der Waals surface area contributed by atoms with Crippen LogP contribution in [0.3, 0.4) is 0 Å². The monoisotopic (exact) mass is 347 g/mol. The summed E-state index contributed by atoms with van der Waals surface area (Å²) in [6, 6.07) is 11.1. The highest BCUT2D eigenvalue weighted by Gasteiger charge is 2.30. The minimum absolute atomic E-state index is 0.0751. The van der Waals surface area contributed by atoms with Crippen molar-refractivity contribution in [1.82, 2.24) is 4.90 Å². The summed E-state index contributed by atoms with van der Waals surface area (Å²) in [6.07, 6.45) is 2.02. The number of thiophene rings is 1. The van der Waals surface area contributed by atoms with Crippen molar-refractivity contribution in [3.05, 3.63) is 52.2 Å². The Kier molecular flexibility index (Phi) is 5.03. The molecule has 2 heterocycles. The van der Waals surface area contributed by atoms with E-state index in [1.807, 2.05) is 16.3 Å². The average molecular weight is 347 g/mol. The molecule has 1 N–H and O–H groups in total. The Morgan fingerprint density at radius 2 is 2.09 bits per heavy atom. The van der Waals surface area contributed by atoms with Gasteiger partial charge in [0.05, 0.1) is 17.4 Å². The summed E-state index contributed by atoms with van der Waals surface area (Å²) in [4.78, 5) is 27.6. The third-order valence-electron chi connectivity index (χ3n) is 3.91. The highest BCUT2D eigenvalue weighted by atomic mass is 32.2. The van der Waals surface area contributed by atoms with Crippen LogP contribution in [-0.4, -0.2) is 34.2 Å². The maximum Gasteiger partial charge on any atom is 0.336 e. The number of carboxylic acid groups (broad SMARTS) is 1. The lowest BCUT2D eigenvalue weighted by Gasteiger charge is -2.23. The number of benzene rings is 1. The Hall–Kier alpha value is -1.79. The van der Waals surface area contributed by atoms with E-state index in [1.165, 1.54) is 16.6 Å². The van der Waals surface area contributed by atoms with Gasteiger partial charge in [0.2, 0.25) is 5.91 Å². The molecule has 0 saturated carbocycles. The summed E-state index contributed by atoms with van der Waals surface area (Å²) in [5.41, 5.74) is 0.251. The molecule has 0 bridgehead atoms. The molecule has 0 aliphatic carbocycles. The van der Waals surface area contributed by atoms with E-state index in [1.54, 1.807) is 35.6 Å². The molecule has 1 atom stereocenters. The molecule has 3 rings (SSSR count). The Bertz CT molecular complexity index is 700. The lowest BCUT2D eigenvalue weighted by atomic mass is 10.2. The molecule has 4 nitrogen and oxygen atoms in total. The van der Waals surface area contributed by atoms with Crippen molar-refractivity contribution in [2.24, 2.45) is 0 Å². The van der Waals surface area contributed by atoms with E-state index >= 15 is 0 Å². The molecule has 1 aliphatic heterocycles. The third-order valence-corrected chi connectivity index (χ3v) is 5.95. The Morgan fingerprint density at radius 1 is 1.26 bits per heavy atom. The minimum atomic E-state index is -0.960. The molecular weight excluding hydrogens is 330 g/mol. The average Bonchev–Trinajstić information content (AvgIpc) is 3.23. The first-order chi connectivity index (χ1) is 11.2. The van der Waals surface area contributed by atoms with Gasteiger partial charge in [-0.15, -0.1) is 23.1 Å². The van der Waals surface area contributed by atoms with Crippen LogP contribution < -0.4 is 0 Å². The molecule has 1 aromatic heterocycles. The zero-order valence-electron chi connectivity index (χ0n) is 12.5. The van der Waals surface area contributed by atoms with E-state index in [0.717, 1.165) is 19.4 Å². The summed E-state index contributed by atoms with van der Waals surface area (Å²) >= 11 is 2.98. The van der Waals surface area contributed by atoms with Crippen LogP contribution >= 0.6 is 23.1 Å². The number of carbonyl (C=O) groups excluding carboxylic acids is 1. The summed E-state index contributed by atoms with van der Waals surface area (Å²) in [6.45, 7) is 0.780. The first-order valence-electron chi connectivity index (χ1n) is 7.45. The highest BCUT2D eigenvalue weighted by molar-refractivity contribution is 8.00. The predicted molar refractivity (Wildman–Crippen MR) is 92.1 cm³/mol. The Morgan fingerprint density at radius 3 is 2.83 bits per heavy atom. The van der Waals surface area contributed by atoms with Crippen molar-refractivity contribution < 1.29 is 14.7 Å². The summed E-state index contributed by atoms with van der Waals surface area (Å²) in [7, 11) is 0. The van der Waals surface area contributed by atoms with E-state index in [9.17, 15) is 14.7 Å². The number of rotatable bonds is 5. The number of aromatic carboxylic acids is 1. The Balaban J connectivity index is 1.67. The van der Waals surface area contributed by atoms with Gasteiger partial charge in [-0.2, -0.15) is 0 Å². The molecule has 1 saturated heterocycles. The van der Waals surface area contributed by atoms with E-state index in [0.29, 0.717) is 4.90 Å². The number of carbonyl (C=O) groups is 2. The molecule has 1 fully saturated rings. The molecule has 1 aromatic carbocycles. The van der Waals surface area contributed by atoms with Gasteiger partial charge in [0.1, 0.15) is 0 Å². The number of nitrogens with zero attached hydrogens (tertiary/aromatic N) is 1. The van der Waals surface area contributed by atoms with Gasteiger partial charge in [0.15, 0.2) is 0 Å². The molecule has 6 heteroatoms. The van der Waals surface area contributed by atoms with Crippen LogP contribution in [0.15, 0.2) is 46.7 Å².